The van der Waals surface area contributed by atoms with E-state index in [1.807, 2.05) is 6.92 Å². The van der Waals surface area contributed by atoms with Gasteiger partial charge in [-0.25, -0.2) is 0 Å². The minimum Gasteiger partial charge on any atom is -0.435 e. The van der Waals surface area contributed by atoms with Crippen molar-refractivity contribution < 1.29 is 23.8 Å². The Balaban J connectivity index is 1.75. The van der Waals surface area contributed by atoms with Crippen molar-refractivity contribution in [3.05, 3.63) is 11.1 Å². The van der Waals surface area contributed by atoms with Crippen LogP contribution in [0.5, 0.6) is 0 Å². The molecular formula is C22H32O5. The standard InChI is InChI=1S/C22H32O5/c1-12-16-15(22(5)10-6-9-21(3,4)11-22)8-7-14-17(16)20(26-18(12)24)27-19(14)25-13(2)23/h12,14,17,19-20H,6-11H2,1-5H3/t12-,14-,17-,19-,20?,22+/m1/s1. The number of esters is 2. The zero-order valence-electron chi connectivity index (χ0n) is 17.2. The zero-order valence-corrected chi connectivity index (χ0v) is 17.2. The van der Waals surface area contributed by atoms with Crippen LogP contribution in [-0.2, 0) is 23.8 Å². The Hall–Kier alpha value is -1.36. The van der Waals surface area contributed by atoms with Crippen LogP contribution in [0.15, 0.2) is 11.1 Å². The normalized spacial score (nSPS) is 43.1. The number of carbonyl (C=O) groups excluding carboxylic acids is 2. The van der Waals surface area contributed by atoms with Crippen LogP contribution in [0.3, 0.4) is 0 Å². The van der Waals surface area contributed by atoms with E-state index in [4.69, 9.17) is 14.2 Å². The molecule has 0 amide bonds. The molecular weight excluding hydrogens is 344 g/mol. The van der Waals surface area contributed by atoms with Crippen molar-refractivity contribution in [2.24, 2.45) is 28.6 Å². The Bertz CT molecular complexity index is 693. The number of carbonyl (C=O) groups is 2. The van der Waals surface area contributed by atoms with E-state index in [-0.39, 0.29) is 35.1 Å². The fourth-order valence-electron chi connectivity index (χ4n) is 6.41. The van der Waals surface area contributed by atoms with E-state index in [0.717, 1.165) is 19.3 Å². The largest absolute Gasteiger partial charge is 0.435 e. The molecule has 0 aromatic heterocycles. The van der Waals surface area contributed by atoms with E-state index in [1.54, 1.807) is 0 Å². The van der Waals surface area contributed by atoms with Gasteiger partial charge in [-0.2, -0.15) is 0 Å². The third-order valence-corrected chi connectivity index (χ3v) is 7.32. The predicted molar refractivity (Wildman–Crippen MR) is 99.3 cm³/mol. The zero-order chi connectivity index (χ0) is 19.6. The first-order chi connectivity index (χ1) is 12.6. The Kier molecular flexibility index (Phi) is 4.45. The fourth-order valence-corrected chi connectivity index (χ4v) is 6.41. The van der Waals surface area contributed by atoms with Gasteiger partial charge in [-0.05, 0) is 55.4 Å². The van der Waals surface area contributed by atoms with Crippen LogP contribution < -0.4 is 0 Å². The molecule has 2 saturated heterocycles. The van der Waals surface area contributed by atoms with Crippen LogP contribution in [-0.4, -0.2) is 24.5 Å². The van der Waals surface area contributed by atoms with Gasteiger partial charge < -0.3 is 14.2 Å². The van der Waals surface area contributed by atoms with Crippen LogP contribution in [0.25, 0.3) is 0 Å². The first-order valence-electron chi connectivity index (χ1n) is 10.4. The summed E-state index contributed by atoms with van der Waals surface area (Å²) in [6.07, 6.45) is 5.45. The highest BCUT2D eigenvalue weighted by atomic mass is 16.8. The van der Waals surface area contributed by atoms with Gasteiger partial charge in [0.25, 0.3) is 0 Å². The quantitative estimate of drug-likeness (QED) is 0.529. The third-order valence-electron chi connectivity index (χ3n) is 7.32. The topological polar surface area (TPSA) is 61.8 Å². The molecule has 27 heavy (non-hydrogen) atoms. The third kappa shape index (κ3) is 3.12. The van der Waals surface area contributed by atoms with Gasteiger partial charge in [0.2, 0.25) is 12.6 Å². The molecule has 2 aliphatic carbocycles. The smallest absolute Gasteiger partial charge is 0.315 e. The lowest BCUT2D eigenvalue weighted by Gasteiger charge is -2.49. The maximum atomic E-state index is 12.6. The number of hydrogen-bond donors (Lipinski definition) is 0. The number of hydrogen-bond acceptors (Lipinski definition) is 5. The van der Waals surface area contributed by atoms with Gasteiger partial charge in [-0.3, -0.25) is 9.59 Å². The number of ether oxygens (including phenoxy) is 3. The van der Waals surface area contributed by atoms with E-state index in [1.165, 1.54) is 37.3 Å². The van der Waals surface area contributed by atoms with Gasteiger partial charge in [0.15, 0.2) is 0 Å². The summed E-state index contributed by atoms with van der Waals surface area (Å²) in [4.78, 5) is 24.1. The van der Waals surface area contributed by atoms with Gasteiger partial charge in [0.05, 0.1) is 11.8 Å². The van der Waals surface area contributed by atoms with E-state index in [2.05, 4.69) is 20.8 Å². The molecule has 1 unspecified atom stereocenters. The monoisotopic (exact) mass is 376 g/mol. The SMILES string of the molecule is CC(=O)O[C@@H]1OC2OC(=O)[C@H](C)C3=C([C@@]4(C)CCCC(C)(C)C4)CC[C@@H]1[C@H]32. The average Bonchev–Trinajstić information content (AvgIpc) is 2.88. The second-order valence-corrected chi connectivity index (χ2v) is 10.1. The van der Waals surface area contributed by atoms with Crippen LogP contribution in [0.4, 0.5) is 0 Å². The van der Waals surface area contributed by atoms with Gasteiger partial charge >= 0.3 is 11.9 Å². The summed E-state index contributed by atoms with van der Waals surface area (Å²) < 4.78 is 16.9. The van der Waals surface area contributed by atoms with Crippen molar-refractivity contribution in [2.75, 3.05) is 0 Å². The molecule has 5 nitrogen and oxygen atoms in total. The van der Waals surface area contributed by atoms with E-state index in [0.29, 0.717) is 5.41 Å². The van der Waals surface area contributed by atoms with Crippen molar-refractivity contribution in [3.63, 3.8) is 0 Å². The Labute approximate surface area is 161 Å². The maximum Gasteiger partial charge on any atom is 0.315 e. The minimum atomic E-state index is -0.617. The molecule has 0 spiro atoms. The summed E-state index contributed by atoms with van der Waals surface area (Å²) >= 11 is 0. The van der Waals surface area contributed by atoms with Gasteiger partial charge in [0, 0.05) is 12.8 Å². The molecule has 6 atom stereocenters. The lowest BCUT2D eigenvalue weighted by Crippen LogP contribution is -2.44. The molecule has 5 heteroatoms. The molecule has 4 aliphatic rings. The Morgan fingerprint density at radius 3 is 2.63 bits per heavy atom. The first-order valence-corrected chi connectivity index (χ1v) is 10.4. The van der Waals surface area contributed by atoms with E-state index in [9.17, 15) is 9.59 Å². The average molecular weight is 376 g/mol. The molecule has 3 fully saturated rings. The van der Waals surface area contributed by atoms with Gasteiger partial charge in [-0.15, -0.1) is 0 Å². The van der Waals surface area contributed by atoms with Crippen LogP contribution in [0, 0.1) is 28.6 Å². The molecule has 0 bridgehead atoms. The van der Waals surface area contributed by atoms with Gasteiger partial charge in [-0.1, -0.05) is 32.8 Å². The van der Waals surface area contributed by atoms with Crippen molar-refractivity contribution in [2.45, 2.75) is 85.7 Å². The summed E-state index contributed by atoms with van der Waals surface area (Å²) in [5.41, 5.74) is 3.12. The lowest BCUT2D eigenvalue weighted by molar-refractivity contribution is -0.219. The van der Waals surface area contributed by atoms with Crippen molar-refractivity contribution in [1.82, 2.24) is 0 Å². The Morgan fingerprint density at radius 2 is 1.96 bits per heavy atom. The predicted octanol–water partition coefficient (Wildman–Crippen LogP) is 4.35. The molecule has 2 heterocycles. The summed E-state index contributed by atoms with van der Waals surface area (Å²) in [7, 11) is 0. The molecule has 2 aliphatic heterocycles. The van der Waals surface area contributed by atoms with E-state index >= 15 is 0 Å². The number of rotatable bonds is 2. The highest BCUT2D eigenvalue weighted by molar-refractivity contribution is 5.77. The summed E-state index contributed by atoms with van der Waals surface area (Å²) in [6.45, 7) is 10.5. The molecule has 0 N–H and O–H groups in total. The molecule has 1 saturated carbocycles. The highest BCUT2D eigenvalue weighted by Gasteiger charge is 2.58. The summed E-state index contributed by atoms with van der Waals surface area (Å²) in [5.74, 6) is -0.714. The van der Waals surface area contributed by atoms with Crippen molar-refractivity contribution in [1.29, 1.82) is 0 Å². The van der Waals surface area contributed by atoms with Crippen LogP contribution in [0.2, 0.25) is 0 Å². The second-order valence-electron chi connectivity index (χ2n) is 10.1. The minimum absolute atomic E-state index is 0.0210. The van der Waals surface area contributed by atoms with Crippen LogP contribution in [0.1, 0.15) is 73.1 Å². The summed E-state index contributed by atoms with van der Waals surface area (Å²) in [6, 6.07) is 0. The number of allylic oxidation sites excluding steroid dienone is 1. The van der Waals surface area contributed by atoms with Crippen molar-refractivity contribution >= 4 is 11.9 Å². The first kappa shape index (κ1) is 19.0. The fraction of sp³-hybridized carbons (Fsp3) is 0.818. The molecule has 0 radical (unpaired) electrons. The molecule has 150 valence electrons. The van der Waals surface area contributed by atoms with Crippen LogP contribution >= 0.6 is 0 Å². The summed E-state index contributed by atoms with van der Waals surface area (Å²) in [5, 5.41) is 0. The van der Waals surface area contributed by atoms with E-state index < -0.39 is 12.6 Å². The second kappa shape index (κ2) is 6.33. The lowest BCUT2D eigenvalue weighted by atomic mass is 9.56. The molecule has 0 aromatic rings. The molecule has 4 rings (SSSR count). The molecule has 0 aromatic carbocycles. The maximum absolute atomic E-state index is 12.6. The van der Waals surface area contributed by atoms with Crippen molar-refractivity contribution in [3.8, 4) is 0 Å². The Morgan fingerprint density at radius 1 is 1.22 bits per heavy atom. The highest BCUT2D eigenvalue weighted by Crippen LogP contribution is 2.59. The van der Waals surface area contributed by atoms with Gasteiger partial charge in [0.1, 0.15) is 0 Å².